The SMILES string of the molecule is Nc1ccc(C#Cc2ccc3c(c2)C(=O)N(C(C(=O)Nc2nccs2)c2cc(F)ccc2F)C3)cn1. The van der Waals surface area contributed by atoms with Gasteiger partial charge in [0.15, 0.2) is 5.13 Å². The number of hydrogen-bond donors (Lipinski definition) is 2. The van der Waals surface area contributed by atoms with E-state index in [1.807, 2.05) is 0 Å². The summed E-state index contributed by atoms with van der Waals surface area (Å²) in [7, 11) is 0. The van der Waals surface area contributed by atoms with Crippen molar-refractivity contribution in [3.63, 3.8) is 0 Å². The third kappa shape index (κ3) is 4.64. The monoisotopic (exact) mass is 501 g/mol. The lowest BCUT2D eigenvalue weighted by molar-refractivity contribution is -0.120. The first kappa shape index (κ1) is 23.1. The van der Waals surface area contributed by atoms with Crippen molar-refractivity contribution in [1.29, 1.82) is 0 Å². The smallest absolute Gasteiger partial charge is 0.255 e. The van der Waals surface area contributed by atoms with E-state index in [-0.39, 0.29) is 17.2 Å². The summed E-state index contributed by atoms with van der Waals surface area (Å²) in [5, 5.41) is 4.53. The number of pyridine rings is 1. The zero-order valence-electron chi connectivity index (χ0n) is 18.5. The van der Waals surface area contributed by atoms with Gasteiger partial charge in [0.05, 0.1) is 0 Å². The third-order valence-electron chi connectivity index (χ3n) is 5.55. The van der Waals surface area contributed by atoms with E-state index in [2.05, 4.69) is 27.1 Å². The van der Waals surface area contributed by atoms with Crippen molar-refractivity contribution in [3.05, 3.63) is 106 Å². The van der Waals surface area contributed by atoms with Crippen LogP contribution in [0.3, 0.4) is 0 Å². The lowest BCUT2D eigenvalue weighted by Crippen LogP contribution is -2.38. The van der Waals surface area contributed by atoms with E-state index in [9.17, 15) is 18.4 Å². The molecule has 1 aliphatic heterocycles. The summed E-state index contributed by atoms with van der Waals surface area (Å²) in [5.41, 5.74) is 7.54. The van der Waals surface area contributed by atoms with E-state index in [4.69, 9.17) is 5.73 Å². The number of nitrogens with zero attached hydrogens (tertiary/aromatic N) is 3. The van der Waals surface area contributed by atoms with Crippen molar-refractivity contribution in [2.45, 2.75) is 12.6 Å². The van der Waals surface area contributed by atoms with E-state index >= 15 is 0 Å². The van der Waals surface area contributed by atoms with Crippen LogP contribution in [0.2, 0.25) is 0 Å². The number of nitrogens with one attached hydrogen (secondary N) is 1. The van der Waals surface area contributed by atoms with Crippen LogP contribution in [0.4, 0.5) is 19.7 Å². The Kier molecular flexibility index (Phi) is 6.14. The summed E-state index contributed by atoms with van der Waals surface area (Å²) in [6.07, 6.45) is 3.04. The largest absolute Gasteiger partial charge is 0.384 e. The average Bonchev–Trinajstić information content (AvgIpc) is 3.49. The first-order valence-electron chi connectivity index (χ1n) is 10.7. The minimum Gasteiger partial charge on any atom is -0.384 e. The van der Waals surface area contributed by atoms with Gasteiger partial charge in [-0.15, -0.1) is 11.3 Å². The van der Waals surface area contributed by atoms with Gasteiger partial charge in [0.25, 0.3) is 11.8 Å². The number of benzene rings is 2. The lowest BCUT2D eigenvalue weighted by Gasteiger charge is -2.27. The highest BCUT2D eigenvalue weighted by atomic mass is 32.1. The first-order chi connectivity index (χ1) is 17.4. The average molecular weight is 502 g/mol. The standard InChI is InChI=1S/C26H17F2N5O2S/c27-18-6-7-21(28)20(12-18)23(24(34)32-26-30-9-10-36-26)33-14-17-5-3-15(11-19(17)25(33)35)1-2-16-4-8-22(29)31-13-16/h3-13,23H,14H2,(H2,29,31)(H,30,32,34). The molecule has 5 rings (SSSR count). The second-order valence-electron chi connectivity index (χ2n) is 7.92. The molecule has 0 bridgehead atoms. The molecule has 0 saturated heterocycles. The summed E-state index contributed by atoms with van der Waals surface area (Å²) in [6, 6.07) is 9.86. The normalized spacial score (nSPS) is 13.1. The summed E-state index contributed by atoms with van der Waals surface area (Å²) < 4.78 is 28.8. The number of nitrogens with two attached hydrogens (primary N) is 1. The van der Waals surface area contributed by atoms with Crippen molar-refractivity contribution in [1.82, 2.24) is 14.9 Å². The van der Waals surface area contributed by atoms with E-state index < -0.39 is 29.5 Å². The molecule has 7 nitrogen and oxygen atoms in total. The van der Waals surface area contributed by atoms with E-state index in [1.165, 1.54) is 22.4 Å². The molecule has 2 aromatic heterocycles. The maximum atomic E-state index is 14.8. The topological polar surface area (TPSA) is 101 Å². The van der Waals surface area contributed by atoms with Gasteiger partial charge < -0.3 is 10.6 Å². The van der Waals surface area contributed by atoms with Gasteiger partial charge in [0, 0.05) is 46.6 Å². The summed E-state index contributed by atoms with van der Waals surface area (Å²) in [6.45, 7) is 0.0374. The Morgan fingerprint density at radius 2 is 1.89 bits per heavy atom. The Labute approximate surface area is 208 Å². The molecule has 3 N–H and O–H groups in total. The first-order valence-corrected chi connectivity index (χ1v) is 11.6. The van der Waals surface area contributed by atoms with Crippen LogP contribution in [0.25, 0.3) is 0 Å². The Morgan fingerprint density at radius 3 is 2.64 bits per heavy atom. The second kappa shape index (κ2) is 9.56. The number of nitrogen functional groups attached to an aromatic ring is 1. The third-order valence-corrected chi connectivity index (χ3v) is 6.24. The molecule has 178 valence electrons. The molecular weight excluding hydrogens is 484 g/mol. The number of anilines is 2. The molecule has 0 aliphatic carbocycles. The van der Waals surface area contributed by atoms with Crippen LogP contribution in [0.5, 0.6) is 0 Å². The number of aromatic nitrogens is 2. The zero-order chi connectivity index (χ0) is 25.2. The van der Waals surface area contributed by atoms with Crippen LogP contribution in [0.1, 0.15) is 38.7 Å². The summed E-state index contributed by atoms with van der Waals surface area (Å²) >= 11 is 1.17. The van der Waals surface area contributed by atoms with Crippen LogP contribution < -0.4 is 11.1 Å². The molecule has 1 aliphatic rings. The van der Waals surface area contributed by atoms with Crippen molar-refractivity contribution in [2.75, 3.05) is 11.1 Å². The van der Waals surface area contributed by atoms with Crippen LogP contribution in [0, 0.1) is 23.5 Å². The molecule has 2 aromatic carbocycles. The molecule has 36 heavy (non-hydrogen) atoms. The molecule has 4 aromatic rings. The minimum absolute atomic E-state index is 0.0374. The summed E-state index contributed by atoms with van der Waals surface area (Å²) in [4.78, 5) is 35.9. The van der Waals surface area contributed by atoms with Gasteiger partial charge in [-0.05, 0) is 48.0 Å². The minimum atomic E-state index is -1.42. The number of fused-ring (bicyclic) bond motifs is 1. The Morgan fingerprint density at radius 1 is 1.08 bits per heavy atom. The zero-order valence-corrected chi connectivity index (χ0v) is 19.4. The van der Waals surface area contributed by atoms with E-state index in [0.717, 1.165) is 18.2 Å². The molecular formula is C26H17F2N5O2S. The number of amides is 2. The predicted octanol–water partition coefficient (Wildman–Crippen LogP) is 4.13. The highest BCUT2D eigenvalue weighted by molar-refractivity contribution is 7.13. The van der Waals surface area contributed by atoms with Crippen LogP contribution in [-0.4, -0.2) is 26.7 Å². The van der Waals surface area contributed by atoms with Gasteiger partial charge in [0.2, 0.25) is 0 Å². The molecule has 2 amide bonds. The molecule has 0 fully saturated rings. The van der Waals surface area contributed by atoms with Gasteiger partial charge in [-0.2, -0.15) is 0 Å². The molecule has 1 unspecified atom stereocenters. The fourth-order valence-corrected chi connectivity index (χ4v) is 4.40. The predicted molar refractivity (Wildman–Crippen MR) is 131 cm³/mol. The van der Waals surface area contributed by atoms with Crippen LogP contribution in [0.15, 0.2) is 66.3 Å². The number of rotatable bonds is 4. The Balaban J connectivity index is 1.48. The van der Waals surface area contributed by atoms with Crippen LogP contribution in [-0.2, 0) is 11.3 Å². The molecule has 0 saturated carbocycles. The second-order valence-corrected chi connectivity index (χ2v) is 8.82. The number of thiazole rings is 1. The van der Waals surface area contributed by atoms with Crippen molar-refractivity contribution in [3.8, 4) is 11.8 Å². The van der Waals surface area contributed by atoms with Gasteiger partial charge in [-0.25, -0.2) is 18.7 Å². The number of carbonyl (C=O) groups is 2. The number of carbonyl (C=O) groups excluding carboxylic acids is 2. The highest BCUT2D eigenvalue weighted by Gasteiger charge is 2.39. The van der Waals surface area contributed by atoms with Crippen LogP contribution >= 0.6 is 11.3 Å². The van der Waals surface area contributed by atoms with Gasteiger partial charge in [0.1, 0.15) is 23.5 Å². The number of halogens is 2. The molecule has 0 radical (unpaired) electrons. The van der Waals surface area contributed by atoms with Crippen molar-refractivity contribution in [2.24, 2.45) is 0 Å². The van der Waals surface area contributed by atoms with Gasteiger partial charge in [-0.3, -0.25) is 14.9 Å². The molecule has 1 atom stereocenters. The molecule has 3 heterocycles. The highest BCUT2D eigenvalue weighted by Crippen LogP contribution is 2.34. The van der Waals surface area contributed by atoms with Gasteiger partial charge in [-0.1, -0.05) is 17.9 Å². The van der Waals surface area contributed by atoms with Gasteiger partial charge >= 0.3 is 0 Å². The quantitative estimate of drug-likeness (QED) is 0.410. The maximum Gasteiger partial charge on any atom is 0.255 e. The Hall–Kier alpha value is -4.62. The van der Waals surface area contributed by atoms with Crippen molar-refractivity contribution < 1.29 is 18.4 Å². The summed E-state index contributed by atoms with van der Waals surface area (Å²) in [5.74, 6) is 3.59. The fraction of sp³-hybridized carbons (Fsp3) is 0.0769. The number of hydrogen-bond acceptors (Lipinski definition) is 6. The molecule has 0 spiro atoms. The van der Waals surface area contributed by atoms with E-state index in [1.54, 1.807) is 41.9 Å². The van der Waals surface area contributed by atoms with E-state index in [0.29, 0.717) is 28.1 Å². The fourth-order valence-electron chi connectivity index (χ4n) is 3.87. The Bertz CT molecular complexity index is 1530. The molecule has 10 heteroatoms. The van der Waals surface area contributed by atoms with Crippen molar-refractivity contribution >= 4 is 34.1 Å². The lowest BCUT2D eigenvalue weighted by atomic mass is 10.0. The maximum absolute atomic E-state index is 14.8.